The largest absolute Gasteiger partial charge is 0.351 e. The van der Waals surface area contributed by atoms with Crippen LogP contribution in [0.3, 0.4) is 0 Å². The summed E-state index contributed by atoms with van der Waals surface area (Å²) in [5, 5.41) is 3.88. The molecule has 1 aromatic heterocycles. The summed E-state index contributed by atoms with van der Waals surface area (Å²) >= 11 is 0. The molecule has 0 atom stereocenters. The van der Waals surface area contributed by atoms with E-state index in [-0.39, 0.29) is 0 Å². The van der Waals surface area contributed by atoms with Crippen LogP contribution in [0.4, 0.5) is 0 Å². The summed E-state index contributed by atoms with van der Waals surface area (Å²) in [6, 6.07) is 0. The molecule has 8 heavy (non-hydrogen) atoms. The van der Waals surface area contributed by atoms with Crippen LogP contribution in [0.5, 0.6) is 0 Å². The van der Waals surface area contributed by atoms with Crippen molar-refractivity contribution in [1.82, 2.24) is 14.8 Å². The zero-order valence-corrected chi connectivity index (χ0v) is 4.24. The van der Waals surface area contributed by atoms with Crippen molar-refractivity contribution in [2.75, 3.05) is 0 Å². The minimum absolute atomic E-state index is 0.565. The van der Waals surface area contributed by atoms with Gasteiger partial charge in [-0.15, -0.1) is 0 Å². The van der Waals surface area contributed by atoms with Crippen LogP contribution in [0.1, 0.15) is 5.82 Å². The van der Waals surface area contributed by atoms with Crippen LogP contribution in [0.2, 0.25) is 0 Å². The van der Waals surface area contributed by atoms with Crippen molar-refractivity contribution in [3.8, 4) is 0 Å². The molecule has 2 rings (SSSR count). The first kappa shape index (κ1) is 4.03. The molecular weight excluding hydrogens is 106 g/mol. The Bertz CT molecular complexity index is 176. The maximum Gasteiger partial charge on any atom is 0.155 e. The molecule has 42 valence electrons. The van der Waals surface area contributed by atoms with Crippen LogP contribution >= 0.6 is 0 Å². The molecule has 0 N–H and O–H groups in total. The van der Waals surface area contributed by atoms with Gasteiger partial charge in [0.25, 0.3) is 0 Å². The average Bonchev–Trinajstić information content (AvgIpc) is 2.15. The Balaban J connectivity index is 2.54. The Morgan fingerprint density at radius 3 is 3.62 bits per heavy atom. The Morgan fingerprint density at radius 2 is 2.75 bits per heavy atom. The SMILES string of the molecule is c1nc2n(n1)COC2. The van der Waals surface area contributed by atoms with E-state index in [1.165, 1.54) is 6.33 Å². The van der Waals surface area contributed by atoms with Gasteiger partial charge in [0.05, 0.1) is 0 Å². The molecule has 4 nitrogen and oxygen atoms in total. The van der Waals surface area contributed by atoms with Crippen LogP contribution in [0, 0.1) is 0 Å². The molecule has 0 radical (unpaired) electrons. The number of fused-ring (bicyclic) bond motifs is 1. The minimum Gasteiger partial charge on any atom is -0.351 e. The third kappa shape index (κ3) is 0.376. The van der Waals surface area contributed by atoms with E-state index in [4.69, 9.17) is 4.74 Å². The lowest BCUT2D eigenvalue weighted by Crippen LogP contribution is -1.93. The summed E-state index contributed by atoms with van der Waals surface area (Å²) < 4.78 is 6.73. The highest BCUT2D eigenvalue weighted by Gasteiger charge is 2.09. The molecule has 1 aliphatic heterocycles. The number of nitrogens with zero attached hydrogens (tertiary/aromatic N) is 3. The number of aromatic nitrogens is 3. The minimum atomic E-state index is 0.565. The van der Waals surface area contributed by atoms with Crippen molar-refractivity contribution < 1.29 is 4.74 Å². The van der Waals surface area contributed by atoms with Gasteiger partial charge in [0, 0.05) is 0 Å². The molecule has 0 aliphatic carbocycles. The molecule has 1 aliphatic rings. The normalized spacial score (nSPS) is 16.5. The maximum absolute atomic E-state index is 4.99. The third-order valence-electron chi connectivity index (χ3n) is 1.14. The van der Waals surface area contributed by atoms with Crippen molar-refractivity contribution >= 4 is 0 Å². The molecule has 0 saturated heterocycles. The topological polar surface area (TPSA) is 39.9 Å². The Kier molecular flexibility index (Phi) is 0.648. The van der Waals surface area contributed by atoms with Gasteiger partial charge in [-0.3, -0.25) is 0 Å². The summed E-state index contributed by atoms with van der Waals surface area (Å²) in [6.45, 7) is 1.18. The average molecular weight is 111 g/mol. The second-order valence-corrected chi connectivity index (χ2v) is 1.65. The lowest BCUT2D eigenvalue weighted by atomic mass is 10.7. The molecule has 0 amide bonds. The van der Waals surface area contributed by atoms with Gasteiger partial charge in [-0.25, -0.2) is 9.67 Å². The molecule has 4 heteroatoms. The van der Waals surface area contributed by atoms with Crippen LogP contribution in [-0.2, 0) is 18.1 Å². The van der Waals surface area contributed by atoms with Gasteiger partial charge in [0.1, 0.15) is 19.7 Å². The fraction of sp³-hybridized carbons (Fsp3) is 0.500. The first-order chi connectivity index (χ1) is 3.97. The molecular formula is C4H5N3O. The molecule has 2 heterocycles. The van der Waals surface area contributed by atoms with Gasteiger partial charge in [0.2, 0.25) is 0 Å². The van der Waals surface area contributed by atoms with Crippen LogP contribution in [-0.4, -0.2) is 14.8 Å². The molecule has 0 spiro atoms. The van der Waals surface area contributed by atoms with Gasteiger partial charge in [-0.1, -0.05) is 0 Å². The predicted octanol–water partition coefficient (Wildman–Crippen LogP) is -0.234. The van der Waals surface area contributed by atoms with E-state index in [0.717, 1.165) is 5.82 Å². The summed E-state index contributed by atoms with van der Waals surface area (Å²) in [7, 11) is 0. The van der Waals surface area contributed by atoms with Gasteiger partial charge in [0.15, 0.2) is 5.82 Å². The van der Waals surface area contributed by atoms with E-state index in [1.54, 1.807) is 4.68 Å². The summed E-state index contributed by atoms with van der Waals surface area (Å²) in [6.07, 6.45) is 1.54. The molecule has 0 bridgehead atoms. The Morgan fingerprint density at radius 1 is 1.75 bits per heavy atom. The Hall–Kier alpha value is -0.900. The van der Waals surface area contributed by atoms with Crippen molar-refractivity contribution in [1.29, 1.82) is 0 Å². The summed E-state index contributed by atoms with van der Waals surface area (Å²) in [5.41, 5.74) is 0. The number of hydrogen-bond donors (Lipinski definition) is 0. The van der Waals surface area contributed by atoms with Crippen molar-refractivity contribution in [2.45, 2.75) is 13.3 Å². The van der Waals surface area contributed by atoms with E-state index >= 15 is 0 Å². The van der Waals surface area contributed by atoms with Crippen molar-refractivity contribution in [2.24, 2.45) is 0 Å². The zero-order chi connectivity index (χ0) is 5.40. The van der Waals surface area contributed by atoms with Crippen molar-refractivity contribution in [3.05, 3.63) is 12.2 Å². The molecule has 1 aromatic rings. The number of rotatable bonds is 0. The number of ether oxygens (including phenoxy) is 1. The smallest absolute Gasteiger partial charge is 0.155 e. The monoisotopic (exact) mass is 111 g/mol. The van der Waals surface area contributed by atoms with E-state index in [9.17, 15) is 0 Å². The van der Waals surface area contributed by atoms with Gasteiger partial charge >= 0.3 is 0 Å². The third-order valence-corrected chi connectivity index (χ3v) is 1.14. The first-order valence-corrected chi connectivity index (χ1v) is 2.41. The van der Waals surface area contributed by atoms with Gasteiger partial charge in [-0.2, -0.15) is 5.10 Å². The van der Waals surface area contributed by atoms with Gasteiger partial charge < -0.3 is 4.74 Å². The molecule has 0 unspecified atom stereocenters. The number of hydrogen-bond acceptors (Lipinski definition) is 3. The van der Waals surface area contributed by atoms with Crippen LogP contribution < -0.4 is 0 Å². The summed E-state index contributed by atoms with van der Waals surface area (Å²) in [5.74, 6) is 0.921. The van der Waals surface area contributed by atoms with E-state index in [2.05, 4.69) is 10.1 Å². The maximum atomic E-state index is 4.99. The van der Waals surface area contributed by atoms with E-state index in [1.807, 2.05) is 0 Å². The Labute approximate surface area is 46.1 Å². The van der Waals surface area contributed by atoms with Crippen molar-refractivity contribution in [3.63, 3.8) is 0 Å². The zero-order valence-electron chi connectivity index (χ0n) is 4.24. The molecule has 0 fully saturated rings. The highest BCUT2D eigenvalue weighted by Crippen LogP contribution is 2.04. The standard InChI is InChI=1S/C4H5N3O/c1-4-5-2-6-7(4)3-8-1/h2H,1,3H2. The van der Waals surface area contributed by atoms with E-state index < -0.39 is 0 Å². The predicted molar refractivity (Wildman–Crippen MR) is 24.8 cm³/mol. The summed E-state index contributed by atoms with van der Waals surface area (Å²) in [4.78, 5) is 3.92. The van der Waals surface area contributed by atoms with Crippen LogP contribution in [0.25, 0.3) is 0 Å². The lowest BCUT2D eigenvalue weighted by Gasteiger charge is -1.84. The fourth-order valence-corrected chi connectivity index (χ4v) is 0.731. The fourth-order valence-electron chi connectivity index (χ4n) is 0.731. The molecule has 0 saturated carbocycles. The van der Waals surface area contributed by atoms with E-state index in [0.29, 0.717) is 13.3 Å². The first-order valence-electron chi connectivity index (χ1n) is 2.41. The second-order valence-electron chi connectivity index (χ2n) is 1.65. The van der Waals surface area contributed by atoms with Gasteiger partial charge in [-0.05, 0) is 0 Å². The highest BCUT2D eigenvalue weighted by molar-refractivity contribution is 4.82. The quantitative estimate of drug-likeness (QED) is 0.464. The lowest BCUT2D eigenvalue weighted by molar-refractivity contribution is 0.102. The van der Waals surface area contributed by atoms with Crippen LogP contribution in [0.15, 0.2) is 6.33 Å². The second kappa shape index (κ2) is 1.29. The molecule has 0 aromatic carbocycles. The highest BCUT2D eigenvalue weighted by atomic mass is 16.5.